The van der Waals surface area contributed by atoms with Gasteiger partial charge in [0.2, 0.25) is 6.08 Å². The molecule has 0 radical (unpaired) electrons. The van der Waals surface area contributed by atoms with Gasteiger partial charge in [-0.25, -0.2) is 4.79 Å². The van der Waals surface area contributed by atoms with Gasteiger partial charge < -0.3 is 4.74 Å². The lowest BCUT2D eigenvalue weighted by molar-refractivity contribution is 0.415. The van der Waals surface area contributed by atoms with Crippen LogP contribution >= 0.6 is 11.3 Å². The van der Waals surface area contributed by atoms with Crippen molar-refractivity contribution in [1.29, 1.82) is 0 Å². The number of methoxy groups -OCH3 is 1. The summed E-state index contributed by atoms with van der Waals surface area (Å²) < 4.78 is 6.14. The van der Waals surface area contributed by atoms with E-state index >= 15 is 0 Å². The summed E-state index contributed by atoms with van der Waals surface area (Å²) in [5.74, 6) is 0.806. The molecule has 1 aromatic heterocycles. The summed E-state index contributed by atoms with van der Waals surface area (Å²) in [6.07, 6.45) is 1.53. The Bertz CT molecular complexity index is 512. The zero-order valence-corrected chi connectivity index (χ0v) is 8.30. The van der Waals surface area contributed by atoms with Gasteiger partial charge in [-0.05, 0) is 29.7 Å². The SMILES string of the molecule is COc1ccc2cc(N=C=O)sc2c1. The lowest BCUT2D eigenvalue weighted by Crippen LogP contribution is -1.79. The van der Waals surface area contributed by atoms with Crippen molar-refractivity contribution in [2.75, 3.05) is 7.11 Å². The number of rotatable bonds is 2. The lowest BCUT2D eigenvalue weighted by Gasteiger charge is -1.97. The molecule has 70 valence electrons. The van der Waals surface area contributed by atoms with Gasteiger partial charge in [-0.1, -0.05) is 0 Å². The Labute approximate surface area is 84.7 Å². The van der Waals surface area contributed by atoms with Gasteiger partial charge >= 0.3 is 0 Å². The van der Waals surface area contributed by atoms with Gasteiger partial charge in [0.25, 0.3) is 0 Å². The highest BCUT2D eigenvalue weighted by molar-refractivity contribution is 7.22. The van der Waals surface area contributed by atoms with Crippen molar-refractivity contribution < 1.29 is 9.53 Å². The van der Waals surface area contributed by atoms with Crippen molar-refractivity contribution >= 4 is 32.5 Å². The van der Waals surface area contributed by atoms with Crippen LogP contribution in [0, 0.1) is 0 Å². The van der Waals surface area contributed by atoms with E-state index in [1.807, 2.05) is 24.3 Å². The Balaban J connectivity index is 2.59. The Morgan fingerprint density at radius 1 is 1.43 bits per heavy atom. The molecule has 2 aromatic rings. The number of thiophene rings is 1. The Hall–Kier alpha value is -1.64. The van der Waals surface area contributed by atoms with E-state index in [9.17, 15) is 4.79 Å². The fourth-order valence-electron chi connectivity index (χ4n) is 1.22. The number of ether oxygens (including phenoxy) is 1. The number of isocyanates is 1. The maximum Gasteiger partial charge on any atom is 0.241 e. The quantitative estimate of drug-likeness (QED) is 0.558. The molecule has 0 bridgehead atoms. The number of hydrogen-bond acceptors (Lipinski definition) is 4. The topological polar surface area (TPSA) is 38.7 Å². The molecule has 0 aliphatic heterocycles. The Kier molecular flexibility index (Phi) is 2.31. The second kappa shape index (κ2) is 3.62. The summed E-state index contributed by atoms with van der Waals surface area (Å²) >= 11 is 1.44. The number of fused-ring (bicyclic) bond motifs is 1. The molecule has 2 rings (SSSR count). The van der Waals surface area contributed by atoms with E-state index in [0.29, 0.717) is 5.00 Å². The lowest BCUT2D eigenvalue weighted by atomic mass is 10.2. The second-order valence-corrected chi connectivity index (χ2v) is 3.75. The first-order valence-electron chi connectivity index (χ1n) is 3.99. The highest BCUT2D eigenvalue weighted by atomic mass is 32.1. The monoisotopic (exact) mass is 205 g/mol. The summed E-state index contributed by atoms with van der Waals surface area (Å²) in [7, 11) is 1.62. The number of hydrogen-bond donors (Lipinski definition) is 0. The summed E-state index contributed by atoms with van der Waals surface area (Å²) in [6.45, 7) is 0. The molecule has 3 nitrogen and oxygen atoms in total. The van der Waals surface area contributed by atoms with Crippen LogP contribution in [0.2, 0.25) is 0 Å². The third-order valence-corrected chi connectivity index (χ3v) is 2.86. The van der Waals surface area contributed by atoms with Gasteiger partial charge in [-0.2, -0.15) is 4.99 Å². The summed E-state index contributed by atoms with van der Waals surface area (Å²) in [5, 5.41) is 1.73. The zero-order chi connectivity index (χ0) is 9.97. The molecule has 0 saturated heterocycles. The second-order valence-electron chi connectivity index (χ2n) is 2.69. The average molecular weight is 205 g/mol. The van der Waals surface area contributed by atoms with E-state index in [-0.39, 0.29) is 0 Å². The van der Waals surface area contributed by atoms with Crippen LogP contribution in [0.25, 0.3) is 10.1 Å². The molecule has 0 aliphatic rings. The van der Waals surface area contributed by atoms with Crippen molar-refractivity contribution in [1.82, 2.24) is 0 Å². The Morgan fingerprint density at radius 2 is 2.29 bits per heavy atom. The molecule has 0 atom stereocenters. The van der Waals surface area contributed by atoms with E-state index in [1.165, 1.54) is 17.4 Å². The van der Waals surface area contributed by atoms with Crippen LogP contribution < -0.4 is 4.74 Å². The summed E-state index contributed by atoms with van der Waals surface area (Å²) in [6, 6.07) is 7.59. The van der Waals surface area contributed by atoms with Gasteiger partial charge in [-0.3, -0.25) is 0 Å². The molecule has 4 heteroatoms. The number of benzene rings is 1. The molecule has 1 aromatic carbocycles. The fraction of sp³-hybridized carbons (Fsp3) is 0.100. The molecular weight excluding hydrogens is 198 g/mol. The summed E-state index contributed by atoms with van der Waals surface area (Å²) in [4.78, 5) is 13.6. The minimum Gasteiger partial charge on any atom is -0.497 e. The molecule has 0 unspecified atom stereocenters. The van der Waals surface area contributed by atoms with E-state index < -0.39 is 0 Å². The maximum absolute atomic E-state index is 10.1. The molecule has 14 heavy (non-hydrogen) atoms. The van der Waals surface area contributed by atoms with Gasteiger partial charge in [0.1, 0.15) is 10.8 Å². The molecule has 0 fully saturated rings. The van der Waals surface area contributed by atoms with Crippen LogP contribution in [0.5, 0.6) is 5.75 Å². The van der Waals surface area contributed by atoms with E-state index in [0.717, 1.165) is 15.8 Å². The number of nitrogens with zero attached hydrogens (tertiary/aromatic N) is 1. The van der Waals surface area contributed by atoms with E-state index in [4.69, 9.17) is 4.74 Å². The molecule has 0 aliphatic carbocycles. The van der Waals surface area contributed by atoms with Crippen molar-refractivity contribution in [3.8, 4) is 5.75 Å². The van der Waals surface area contributed by atoms with Crippen molar-refractivity contribution in [3.05, 3.63) is 24.3 Å². The minimum atomic E-state index is 0.670. The number of aliphatic imine (C=N–C) groups is 1. The highest BCUT2D eigenvalue weighted by Crippen LogP contribution is 2.33. The van der Waals surface area contributed by atoms with Crippen LogP contribution in [-0.2, 0) is 4.79 Å². The van der Waals surface area contributed by atoms with Crippen LogP contribution in [0.4, 0.5) is 5.00 Å². The predicted octanol–water partition coefficient (Wildman–Crippen LogP) is 2.88. The average Bonchev–Trinajstić information content (AvgIpc) is 2.59. The molecule has 0 N–H and O–H groups in total. The predicted molar refractivity (Wildman–Crippen MR) is 56.2 cm³/mol. The fourth-order valence-corrected chi connectivity index (χ4v) is 2.14. The number of carbonyl (C=O) groups excluding carboxylic acids is 1. The van der Waals surface area contributed by atoms with E-state index in [1.54, 1.807) is 7.11 Å². The van der Waals surface area contributed by atoms with Gasteiger partial charge in [-0.15, -0.1) is 11.3 Å². The molecule has 0 spiro atoms. The van der Waals surface area contributed by atoms with E-state index in [2.05, 4.69) is 4.99 Å². The highest BCUT2D eigenvalue weighted by Gasteiger charge is 2.01. The normalized spacial score (nSPS) is 9.79. The standard InChI is InChI=1S/C10H7NO2S/c1-13-8-3-2-7-4-10(11-6-12)14-9(7)5-8/h2-5H,1H3. The van der Waals surface area contributed by atoms with Crippen LogP contribution in [0.3, 0.4) is 0 Å². The zero-order valence-electron chi connectivity index (χ0n) is 7.48. The first-order chi connectivity index (χ1) is 6.83. The summed E-state index contributed by atoms with van der Waals surface area (Å²) in [5.41, 5.74) is 0. The Morgan fingerprint density at radius 3 is 3.00 bits per heavy atom. The molecule has 0 amide bonds. The molecule has 0 saturated carbocycles. The third-order valence-electron chi connectivity index (χ3n) is 1.87. The van der Waals surface area contributed by atoms with Gasteiger partial charge in [0, 0.05) is 4.70 Å². The van der Waals surface area contributed by atoms with Crippen LogP contribution in [0.1, 0.15) is 0 Å². The van der Waals surface area contributed by atoms with Crippen molar-refractivity contribution in [2.24, 2.45) is 4.99 Å². The molecule has 1 heterocycles. The van der Waals surface area contributed by atoms with Crippen LogP contribution in [0.15, 0.2) is 29.3 Å². The van der Waals surface area contributed by atoms with Gasteiger partial charge in [0.05, 0.1) is 7.11 Å². The maximum atomic E-state index is 10.1. The van der Waals surface area contributed by atoms with Gasteiger partial charge in [0.15, 0.2) is 0 Å². The largest absolute Gasteiger partial charge is 0.497 e. The molecular formula is C10H7NO2S. The van der Waals surface area contributed by atoms with Crippen LogP contribution in [-0.4, -0.2) is 13.2 Å². The smallest absolute Gasteiger partial charge is 0.241 e. The third kappa shape index (κ3) is 1.53. The first kappa shape index (κ1) is 8.94. The van der Waals surface area contributed by atoms with Crippen molar-refractivity contribution in [2.45, 2.75) is 0 Å². The van der Waals surface area contributed by atoms with Crippen molar-refractivity contribution in [3.63, 3.8) is 0 Å². The minimum absolute atomic E-state index is 0.670. The first-order valence-corrected chi connectivity index (χ1v) is 4.80.